The van der Waals surface area contributed by atoms with Gasteiger partial charge in [0.25, 0.3) is 0 Å². The molecule has 1 heterocycles. The number of fused-ring (bicyclic) bond motifs is 6. The van der Waals surface area contributed by atoms with Crippen molar-refractivity contribution in [1.29, 1.82) is 0 Å². The van der Waals surface area contributed by atoms with Gasteiger partial charge >= 0.3 is 0 Å². The van der Waals surface area contributed by atoms with Crippen LogP contribution in [0.25, 0.3) is 0 Å². The molecule has 0 aromatic heterocycles. The summed E-state index contributed by atoms with van der Waals surface area (Å²) in [4.78, 5) is 0. The smallest absolute Gasteiger partial charge is 0.0979 e. The molecule has 1 nitrogen and oxygen atoms in total. The van der Waals surface area contributed by atoms with Gasteiger partial charge in [0.05, 0.1) is 11.7 Å². The van der Waals surface area contributed by atoms with E-state index in [0.29, 0.717) is 11.7 Å². The molecule has 2 saturated carbocycles. The molecule has 1 spiro atoms. The standard InChI is InChI=1S/C14H20O/c1-8-3-4-11-10-6-13(12(11)5-8)14(7-10)9(2)15-14/h3,9-13H,4-7H2,1-2H3/t9-,10-,11+,12+,13-,14-/m0/s1. The first-order chi connectivity index (χ1) is 7.21. The first-order valence-electron chi connectivity index (χ1n) is 6.54. The van der Waals surface area contributed by atoms with E-state index < -0.39 is 0 Å². The Labute approximate surface area is 91.9 Å². The fraction of sp³-hybridized carbons (Fsp3) is 0.857. The van der Waals surface area contributed by atoms with Gasteiger partial charge in [0.15, 0.2) is 0 Å². The van der Waals surface area contributed by atoms with Gasteiger partial charge in [-0.2, -0.15) is 0 Å². The van der Waals surface area contributed by atoms with Crippen molar-refractivity contribution < 1.29 is 4.74 Å². The topological polar surface area (TPSA) is 12.5 Å². The van der Waals surface area contributed by atoms with Crippen LogP contribution >= 0.6 is 0 Å². The SMILES string of the molecule is CC1=CC[C@@H]2[C@H]3C[C@@H]([C@@H]2C1)[C@@]1(C3)O[C@H]1C. The number of ether oxygens (including phenoxy) is 1. The molecule has 0 amide bonds. The van der Waals surface area contributed by atoms with E-state index in [0.717, 1.165) is 23.7 Å². The lowest BCUT2D eigenvalue weighted by Gasteiger charge is -2.37. The van der Waals surface area contributed by atoms with Crippen molar-refractivity contribution in [3.05, 3.63) is 11.6 Å². The maximum absolute atomic E-state index is 5.96. The van der Waals surface area contributed by atoms with Gasteiger partial charge in [-0.3, -0.25) is 0 Å². The fourth-order valence-corrected chi connectivity index (χ4v) is 5.03. The van der Waals surface area contributed by atoms with Crippen LogP contribution in [-0.2, 0) is 4.74 Å². The zero-order valence-corrected chi connectivity index (χ0v) is 9.70. The highest BCUT2D eigenvalue weighted by Gasteiger charge is 2.70. The summed E-state index contributed by atoms with van der Waals surface area (Å²) in [6, 6.07) is 0. The lowest BCUT2D eigenvalue weighted by molar-refractivity contribution is 0.114. The molecular weight excluding hydrogens is 184 g/mol. The van der Waals surface area contributed by atoms with E-state index in [2.05, 4.69) is 19.9 Å². The van der Waals surface area contributed by atoms with Crippen LogP contribution in [0.1, 0.15) is 39.5 Å². The second-order valence-corrected chi connectivity index (χ2v) is 6.34. The second-order valence-electron chi connectivity index (χ2n) is 6.34. The fourth-order valence-electron chi connectivity index (χ4n) is 5.03. The summed E-state index contributed by atoms with van der Waals surface area (Å²) >= 11 is 0. The van der Waals surface area contributed by atoms with Crippen LogP contribution in [0.3, 0.4) is 0 Å². The van der Waals surface area contributed by atoms with Crippen LogP contribution in [0.15, 0.2) is 11.6 Å². The first kappa shape index (κ1) is 8.81. The summed E-state index contributed by atoms with van der Waals surface area (Å²) in [7, 11) is 0. The number of rotatable bonds is 0. The molecule has 6 atom stereocenters. The van der Waals surface area contributed by atoms with Gasteiger partial charge in [-0.1, -0.05) is 11.6 Å². The van der Waals surface area contributed by atoms with Gasteiger partial charge in [-0.05, 0) is 63.2 Å². The van der Waals surface area contributed by atoms with E-state index in [-0.39, 0.29) is 0 Å². The third-order valence-electron chi connectivity index (χ3n) is 5.76. The Hall–Kier alpha value is -0.300. The van der Waals surface area contributed by atoms with Crippen molar-refractivity contribution in [3.63, 3.8) is 0 Å². The normalized spacial score (nSPS) is 60.7. The van der Waals surface area contributed by atoms with Crippen molar-refractivity contribution in [1.82, 2.24) is 0 Å². The number of hydrogen-bond acceptors (Lipinski definition) is 1. The summed E-state index contributed by atoms with van der Waals surface area (Å²) < 4.78 is 5.96. The lowest BCUT2D eigenvalue weighted by atomic mass is 9.67. The molecule has 3 aliphatic carbocycles. The molecular formula is C14H20O. The number of hydrogen-bond donors (Lipinski definition) is 0. The third-order valence-corrected chi connectivity index (χ3v) is 5.76. The highest BCUT2D eigenvalue weighted by atomic mass is 16.6. The van der Waals surface area contributed by atoms with Gasteiger partial charge in [0.2, 0.25) is 0 Å². The van der Waals surface area contributed by atoms with E-state index in [1.807, 2.05) is 0 Å². The minimum absolute atomic E-state index is 0.365. The summed E-state index contributed by atoms with van der Waals surface area (Å²) in [5, 5.41) is 0. The van der Waals surface area contributed by atoms with Crippen molar-refractivity contribution >= 4 is 0 Å². The van der Waals surface area contributed by atoms with E-state index in [9.17, 15) is 0 Å². The van der Waals surface area contributed by atoms with Crippen molar-refractivity contribution in [2.24, 2.45) is 23.7 Å². The van der Waals surface area contributed by atoms with Gasteiger partial charge in [0, 0.05) is 0 Å². The molecule has 15 heavy (non-hydrogen) atoms. The monoisotopic (exact) mass is 204 g/mol. The minimum Gasteiger partial charge on any atom is -0.366 e. The summed E-state index contributed by atoms with van der Waals surface area (Å²) in [6.07, 6.45) is 8.64. The molecule has 0 N–H and O–H groups in total. The lowest BCUT2D eigenvalue weighted by Crippen LogP contribution is -2.36. The minimum atomic E-state index is 0.365. The predicted molar refractivity (Wildman–Crippen MR) is 59.5 cm³/mol. The third kappa shape index (κ3) is 0.939. The van der Waals surface area contributed by atoms with Gasteiger partial charge < -0.3 is 4.74 Å². The predicted octanol–water partition coefficient (Wildman–Crippen LogP) is 3.16. The Bertz CT molecular complexity index is 345. The zero-order chi connectivity index (χ0) is 10.2. The largest absolute Gasteiger partial charge is 0.366 e. The molecule has 0 aromatic carbocycles. The highest BCUT2D eigenvalue weighted by molar-refractivity contribution is 5.22. The second kappa shape index (κ2) is 2.51. The molecule has 0 unspecified atom stereocenters. The van der Waals surface area contributed by atoms with Gasteiger partial charge in [-0.15, -0.1) is 0 Å². The Morgan fingerprint density at radius 2 is 2.20 bits per heavy atom. The summed E-state index contributed by atoms with van der Waals surface area (Å²) in [5.74, 6) is 3.89. The Morgan fingerprint density at radius 3 is 2.93 bits per heavy atom. The molecule has 0 radical (unpaired) electrons. The molecule has 1 heteroatoms. The quantitative estimate of drug-likeness (QED) is 0.436. The number of epoxide rings is 1. The molecule has 2 bridgehead atoms. The maximum atomic E-state index is 5.96. The van der Waals surface area contributed by atoms with Crippen LogP contribution in [0.4, 0.5) is 0 Å². The van der Waals surface area contributed by atoms with Crippen LogP contribution in [0, 0.1) is 23.7 Å². The molecule has 3 fully saturated rings. The summed E-state index contributed by atoms with van der Waals surface area (Å²) in [6.45, 7) is 4.59. The highest BCUT2D eigenvalue weighted by Crippen LogP contribution is 2.68. The van der Waals surface area contributed by atoms with E-state index in [4.69, 9.17) is 4.74 Å². The molecule has 4 aliphatic rings. The zero-order valence-electron chi connectivity index (χ0n) is 9.70. The average molecular weight is 204 g/mol. The van der Waals surface area contributed by atoms with Crippen molar-refractivity contribution in [2.75, 3.05) is 0 Å². The molecule has 1 aliphatic heterocycles. The van der Waals surface area contributed by atoms with Crippen LogP contribution in [0.5, 0.6) is 0 Å². The van der Waals surface area contributed by atoms with Crippen LogP contribution in [0.2, 0.25) is 0 Å². The Morgan fingerprint density at radius 1 is 1.40 bits per heavy atom. The first-order valence-corrected chi connectivity index (χ1v) is 6.54. The van der Waals surface area contributed by atoms with E-state index in [1.165, 1.54) is 25.7 Å². The van der Waals surface area contributed by atoms with E-state index >= 15 is 0 Å². The van der Waals surface area contributed by atoms with Crippen molar-refractivity contribution in [3.8, 4) is 0 Å². The Balaban J connectivity index is 1.68. The molecule has 4 rings (SSSR count). The number of allylic oxidation sites excluding steroid dienone is 2. The van der Waals surface area contributed by atoms with E-state index in [1.54, 1.807) is 5.57 Å². The van der Waals surface area contributed by atoms with Crippen LogP contribution < -0.4 is 0 Å². The van der Waals surface area contributed by atoms with Gasteiger partial charge in [0.1, 0.15) is 0 Å². The molecule has 0 aromatic rings. The van der Waals surface area contributed by atoms with Gasteiger partial charge in [-0.25, -0.2) is 0 Å². The van der Waals surface area contributed by atoms with Crippen LogP contribution in [-0.4, -0.2) is 11.7 Å². The average Bonchev–Trinajstić information content (AvgIpc) is 2.61. The van der Waals surface area contributed by atoms with Crippen molar-refractivity contribution in [2.45, 2.75) is 51.2 Å². The summed E-state index contributed by atoms with van der Waals surface area (Å²) in [5.41, 5.74) is 2.00. The Kier molecular flexibility index (Phi) is 1.47. The maximum Gasteiger partial charge on any atom is 0.0979 e. The molecule has 82 valence electrons. The molecule has 1 saturated heterocycles.